The molecule has 2 fully saturated rings. The van der Waals surface area contributed by atoms with E-state index in [1.54, 1.807) is 6.92 Å². The Morgan fingerprint density at radius 1 is 1.28 bits per heavy atom. The highest BCUT2D eigenvalue weighted by Crippen LogP contribution is 2.41. The van der Waals surface area contributed by atoms with E-state index < -0.39 is 39.2 Å². The minimum atomic E-state index is -4.27. The van der Waals surface area contributed by atoms with Crippen LogP contribution in [0.4, 0.5) is 19.0 Å². The molecule has 2 aromatic rings. The van der Waals surface area contributed by atoms with Gasteiger partial charge in [0.1, 0.15) is 34.7 Å². The molecule has 4 rings (SSSR count). The first-order valence-corrected chi connectivity index (χ1v) is 11.7. The van der Waals surface area contributed by atoms with Crippen molar-refractivity contribution in [3.8, 4) is 5.75 Å². The standard InChI is InChI=1S/C20H24F3N5O3S/c1-12-8-18(32(29,30)28-19-4-6-24-11-25-19)14(21)9-16(12)31-17-10-20(22,23)5-2-13(17)15-3-7-26-27-15/h4,6,8-9,11,13,15,17,26-27H,2-3,5,7,10H2,1H3,(H,24,25,28)/t13-,15?,17+/m1/s1. The van der Waals surface area contributed by atoms with Crippen LogP contribution in [0, 0.1) is 18.7 Å². The van der Waals surface area contributed by atoms with Crippen molar-refractivity contribution in [2.24, 2.45) is 5.92 Å². The molecule has 1 unspecified atom stereocenters. The summed E-state index contributed by atoms with van der Waals surface area (Å²) in [5.74, 6) is -4.07. The number of nitrogens with zero attached hydrogens (tertiary/aromatic N) is 2. The maximum Gasteiger partial charge on any atom is 0.265 e. The second-order valence-electron chi connectivity index (χ2n) is 8.13. The smallest absolute Gasteiger partial charge is 0.265 e. The van der Waals surface area contributed by atoms with Crippen molar-refractivity contribution in [1.29, 1.82) is 0 Å². The Balaban J connectivity index is 1.58. The number of nitrogens with one attached hydrogen (secondary N) is 3. The Morgan fingerprint density at radius 2 is 2.09 bits per heavy atom. The molecule has 1 aliphatic carbocycles. The number of ether oxygens (including phenoxy) is 1. The summed E-state index contributed by atoms with van der Waals surface area (Å²) in [7, 11) is -4.27. The van der Waals surface area contributed by atoms with Gasteiger partial charge in [-0.2, -0.15) is 0 Å². The van der Waals surface area contributed by atoms with E-state index in [-0.39, 0.29) is 36.4 Å². The van der Waals surface area contributed by atoms with Crippen molar-refractivity contribution < 1.29 is 26.3 Å². The van der Waals surface area contributed by atoms with Crippen LogP contribution in [-0.2, 0) is 10.0 Å². The van der Waals surface area contributed by atoms with Gasteiger partial charge in [0.2, 0.25) is 0 Å². The third-order valence-electron chi connectivity index (χ3n) is 5.82. The number of sulfonamides is 1. The Hall–Kier alpha value is -2.44. The zero-order chi connectivity index (χ0) is 22.9. The molecule has 2 heterocycles. The average Bonchev–Trinajstić information content (AvgIpc) is 3.25. The van der Waals surface area contributed by atoms with E-state index in [9.17, 15) is 21.6 Å². The molecule has 0 radical (unpaired) electrons. The van der Waals surface area contributed by atoms with Crippen molar-refractivity contribution >= 4 is 15.8 Å². The lowest BCUT2D eigenvalue weighted by molar-refractivity contribution is -0.0949. The van der Waals surface area contributed by atoms with E-state index in [1.165, 1.54) is 12.3 Å². The molecule has 1 saturated carbocycles. The number of rotatable bonds is 6. The van der Waals surface area contributed by atoms with Gasteiger partial charge in [0.25, 0.3) is 15.9 Å². The van der Waals surface area contributed by atoms with Gasteiger partial charge in [-0.25, -0.2) is 31.6 Å². The quantitative estimate of drug-likeness (QED) is 0.595. The number of anilines is 1. The van der Waals surface area contributed by atoms with E-state index in [4.69, 9.17) is 4.74 Å². The highest BCUT2D eigenvalue weighted by molar-refractivity contribution is 7.92. The molecular formula is C20H24F3N5O3S. The Bertz CT molecular complexity index is 1070. The fourth-order valence-electron chi connectivity index (χ4n) is 4.20. The highest BCUT2D eigenvalue weighted by Gasteiger charge is 2.46. The molecule has 1 aliphatic heterocycles. The molecule has 3 N–H and O–H groups in total. The lowest BCUT2D eigenvalue weighted by atomic mass is 9.79. The summed E-state index contributed by atoms with van der Waals surface area (Å²) >= 11 is 0. The predicted octanol–water partition coefficient (Wildman–Crippen LogP) is 2.77. The normalized spacial score (nSPS) is 25.4. The Labute approximate surface area is 184 Å². The van der Waals surface area contributed by atoms with Gasteiger partial charge in [0, 0.05) is 43.6 Å². The number of benzene rings is 1. The Kier molecular flexibility index (Phi) is 6.28. The zero-order valence-corrected chi connectivity index (χ0v) is 18.1. The van der Waals surface area contributed by atoms with Crippen LogP contribution in [0.25, 0.3) is 0 Å². The summed E-state index contributed by atoms with van der Waals surface area (Å²) in [4.78, 5) is 6.87. The van der Waals surface area contributed by atoms with E-state index in [0.29, 0.717) is 5.56 Å². The lowest BCUT2D eigenvalue weighted by Gasteiger charge is -2.39. The number of hydrogen-bond donors (Lipinski definition) is 3. The van der Waals surface area contributed by atoms with E-state index in [0.717, 1.165) is 31.4 Å². The first-order chi connectivity index (χ1) is 15.1. The molecular weight excluding hydrogens is 447 g/mol. The van der Waals surface area contributed by atoms with Gasteiger partial charge in [-0.15, -0.1) is 0 Å². The fraction of sp³-hybridized carbons (Fsp3) is 0.500. The highest BCUT2D eigenvalue weighted by atomic mass is 32.2. The van der Waals surface area contributed by atoms with Gasteiger partial charge in [0.15, 0.2) is 0 Å². The van der Waals surface area contributed by atoms with Crippen LogP contribution in [0.15, 0.2) is 35.6 Å². The average molecular weight is 472 g/mol. The van der Waals surface area contributed by atoms with Gasteiger partial charge < -0.3 is 4.74 Å². The Morgan fingerprint density at radius 3 is 2.78 bits per heavy atom. The summed E-state index contributed by atoms with van der Waals surface area (Å²) in [5.41, 5.74) is 6.42. The third kappa shape index (κ3) is 4.97. The summed E-state index contributed by atoms with van der Waals surface area (Å²) in [6.07, 6.45) is 2.00. The molecule has 12 heteroatoms. The third-order valence-corrected chi connectivity index (χ3v) is 7.19. The van der Waals surface area contributed by atoms with Crippen LogP contribution < -0.4 is 20.3 Å². The number of hydrazine groups is 1. The van der Waals surface area contributed by atoms with Gasteiger partial charge in [-0.05, 0) is 37.5 Å². The number of hydrogen-bond acceptors (Lipinski definition) is 7. The van der Waals surface area contributed by atoms with Crippen molar-refractivity contribution in [1.82, 2.24) is 20.8 Å². The van der Waals surface area contributed by atoms with Gasteiger partial charge in [-0.1, -0.05) is 0 Å². The van der Waals surface area contributed by atoms with Crippen LogP contribution in [0.1, 0.15) is 31.2 Å². The molecule has 174 valence electrons. The molecule has 0 amide bonds. The van der Waals surface area contributed by atoms with E-state index in [2.05, 4.69) is 25.5 Å². The number of halogens is 3. The van der Waals surface area contributed by atoms with Crippen molar-refractivity contribution in [3.05, 3.63) is 42.1 Å². The van der Waals surface area contributed by atoms with E-state index >= 15 is 0 Å². The molecule has 8 nitrogen and oxygen atoms in total. The van der Waals surface area contributed by atoms with Crippen molar-refractivity contribution in [2.75, 3.05) is 11.3 Å². The summed E-state index contributed by atoms with van der Waals surface area (Å²) in [6, 6.07) is 3.36. The molecule has 1 saturated heterocycles. The molecule has 1 aromatic heterocycles. The lowest BCUT2D eigenvalue weighted by Crippen LogP contribution is -2.48. The van der Waals surface area contributed by atoms with Gasteiger partial charge >= 0.3 is 0 Å². The molecule has 2 aliphatic rings. The number of aryl methyl sites for hydroxylation is 1. The molecule has 0 bridgehead atoms. The van der Waals surface area contributed by atoms with Crippen molar-refractivity contribution in [2.45, 2.75) is 55.6 Å². The summed E-state index contributed by atoms with van der Waals surface area (Å²) < 4.78 is 76.4. The number of alkyl halides is 2. The van der Waals surface area contributed by atoms with Crippen LogP contribution in [0.5, 0.6) is 5.75 Å². The monoisotopic (exact) mass is 471 g/mol. The summed E-state index contributed by atoms with van der Waals surface area (Å²) in [6.45, 7) is 2.27. The maximum absolute atomic E-state index is 14.8. The topological polar surface area (TPSA) is 105 Å². The second-order valence-corrected chi connectivity index (χ2v) is 9.78. The molecule has 3 atom stereocenters. The van der Waals surface area contributed by atoms with Crippen LogP contribution in [-0.4, -0.2) is 43.0 Å². The minimum Gasteiger partial charge on any atom is -0.489 e. The van der Waals surface area contributed by atoms with E-state index in [1.807, 2.05) is 0 Å². The fourth-order valence-corrected chi connectivity index (χ4v) is 5.36. The first kappa shape index (κ1) is 22.7. The zero-order valence-electron chi connectivity index (χ0n) is 17.3. The number of aromatic nitrogens is 2. The minimum absolute atomic E-state index is 0.0117. The maximum atomic E-state index is 14.8. The van der Waals surface area contributed by atoms with Gasteiger partial charge in [-0.3, -0.25) is 15.6 Å². The second kappa shape index (κ2) is 8.83. The van der Waals surface area contributed by atoms with Gasteiger partial charge in [0.05, 0.1) is 0 Å². The molecule has 0 spiro atoms. The van der Waals surface area contributed by atoms with Crippen LogP contribution in [0.3, 0.4) is 0 Å². The SMILES string of the molecule is Cc1cc(S(=O)(=O)Nc2ccncn2)c(F)cc1O[C@H]1CC(F)(F)CC[C@@H]1C1CCNN1. The predicted molar refractivity (Wildman–Crippen MR) is 110 cm³/mol. The van der Waals surface area contributed by atoms with Crippen molar-refractivity contribution in [3.63, 3.8) is 0 Å². The summed E-state index contributed by atoms with van der Waals surface area (Å²) in [5, 5.41) is 0. The molecule has 1 aromatic carbocycles. The first-order valence-electron chi connectivity index (χ1n) is 10.3. The largest absolute Gasteiger partial charge is 0.489 e. The van der Waals surface area contributed by atoms with Crippen LogP contribution >= 0.6 is 0 Å². The van der Waals surface area contributed by atoms with Crippen LogP contribution in [0.2, 0.25) is 0 Å². The molecule has 32 heavy (non-hydrogen) atoms.